The SMILES string of the molecule is Cc1oc(-c2ccccc2)nc1CCOc1cccc(C[C@@H]2CCN(C(O)Oc3ccccc3)C2)c1. The van der Waals surface area contributed by atoms with Crippen molar-refractivity contribution in [1.82, 2.24) is 9.88 Å². The van der Waals surface area contributed by atoms with Gasteiger partial charge in [-0.3, -0.25) is 0 Å². The lowest BCUT2D eigenvalue weighted by molar-refractivity contribution is -0.127. The smallest absolute Gasteiger partial charge is 0.259 e. The minimum atomic E-state index is -0.922. The topological polar surface area (TPSA) is 68.0 Å². The Morgan fingerprint density at radius 3 is 2.56 bits per heavy atom. The summed E-state index contributed by atoms with van der Waals surface area (Å²) in [6, 6.07) is 27.7. The summed E-state index contributed by atoms with van der Waals surface area (Å²) < 4.78 is 17.6. The molecule has 0 radical (unpaired) electrons. The Balaban J connectivity index is 1.11. The Kier molecular flexibility index (Phi) is 7.64. The molecule has 4 aromatic rings. The van der Waals surface area contributed by atoms with Gasteiger partial charge in [0.25, 0.3) is 6.41 Å². The maximum absolute atomic E-state index is 10.5. The van der Waals surface area contributed by atoms with Crippen LogP contribution in [0, 0.1) is 12.8 Å². The third-order valence-electron chi connectivity index (χ3n) is 6.56. The fraction of sp³-hybridized carbons (Fsp3) is 0.300. The Labute approximate surface area is 212 Å². The van der Waals surface area contributed by atoms with Gasteiger partial charge in [0.05, 0.1) is 12.3 Å². The number of aliphatic hydroxyl groups is 1. The molecule has 1 aromatic heterocycles. The minimum Gasteiger partial charge on any atom is -0.493 e. The molecule has 1 fully saturated rings. The van der Waals surface area contributed by atoms with E-state index in [1.807, 2.05) is 84.6 Å². The number of likely N-dealkylation sites (tertiary alicyclic amines) is 1. The monoisotopic (exact) mass is 484 g/mol. The molecule has 1 aliphatic rings. The number of aromatic nitrogens is 1. The van der Waals surface area contributed by atoms with Crippen LogP contribution >= 0.6 is 0 Å². The molecule has 3 aromatic carbocycles. The zero-order valence-corrected chi connectivity index (χ0v) is 20.5. The first kappa shape index (κ1) is 24.1. The molecule has 0 saturated carbocycles. The molecule has 1 N–H and O–H groups in total. The Morgan fingerprint density at radius 1 is 1.00 bits per heavy atom. The highest BCUT2D eigenvalue weighted by atomic mass is 16.6. The number of para-hydroxylation sites is 1. The molecule has 1 aliphatic heterocycles. The molecule has 6 heteroatoms. The molecule has 0 aliphatic carbocycles. The van der Waals surface area contributed by atoms with E-state index < -0.39 is 6.41 Å². The van der Waals surface area contributed by atoms with Crippen LogP contribution in [0.1, 0.15) is 23.4 Å². The van der Waals surface area contributed by atoms with Crippen LogP contribution < -0.4 is 9.47 Å². The second-order valence-electron chi connectivity index (χ2n) is 9.24. The quantitative estimate of drug-likeness (QED) is 0.300. The van der Waals surface area contributed by atoms with Crippen LogP contribution in [0.5, 0.6) is 11.5 Å². The molecule has 2 atom stereocenters. The van der Waals surface area contributed by atoms with E-state index in [2.05, 4.69) is 17.1 Å². The van der Waals surface area contributed by atoms with E-state index in [4.69, 9.17) is 13.9 Å². The number of nitrogens with zero attached hydrogens (tertiary/aromatic N) is 2. The van der Waals surface area contributed by atoms with E-state index in [1.165, 1.54) is 5.56 Å². The summed E-state index contributed by atoms with van der Waals surface area (Å²) in [6.07, 6.45) is 1.72. The van der Waals surface area contributed by atoms with E-state index in [-0.39, 0.29) is 0 Å². The van der Waals surface area contributed by atoms with Crippen molar-refractivity contribution in [2.75, 3.05) is 19.7 Å². The number of aryl methyl sites for hydroxylation is 1. The molecule has 0 amide bonds. The van der Waals surface area contributed by atoms with Crippen LogP contribution in [0.15, 0.2) is 89.3 Å². The number of rotatable bonds is 10. The van der Waals surface area contributed by atoms with Gasteiger partial charge in [0.15, 0.2) is 0 Å². The maximum Gasteiger partial charge on any atom is 0.259 e. The normalized spacial score (nSPS) is 16.7. The summed E-state index contributed by atoms with van der Waals surface area (Å²) in [7, 11) is 0. The zero-order valence-electron chi connectivity index (χ0n) is 20.5. The van der Waals surface area contributed by atoms with Gasteiger partial charge in [0, 0.05) is 25.1 Å². The molecule has 5 rings (SSSR count). The third kappa shape index (κ3) is 6.14. The summed E-state index contributed by atoms with van der Waals surface area (Å²) in [4.78, 5) is 6.65. The highest BCUT2D eigenvalue weighted by molar-refractivity contribution is 5.53. The summed E-state index contributed by atoms with van der Waals surface area (Å²) in [5.41, 5.74) is 3.14. The number of hydrogen-bond donors (Lipinski definition) is 1. The van der Waals surface area contributed by atoms with Crippen LogP contribution in [-0.4, -0.2) is 41.1 Å². The van der Waals surface area contributed by atoms with Crippen LogP contribution in [0.3, 0.4) is 0 Å². The van der Waals surface area contributed by atoms with Gasteiger partial charge in [-0.25, -0.2) is 9.88 Å². The van der Waals surface area contributed by atoms with E-state index in [0.717, 1.165) is 48.7 Å². The first-order valence-electron chi connectivity index (χ1n) is 12.5. The van der Waals surface area contributed by atoms with Gasteiger partial charge in [-0.05, 0) is 67.6 Å². The molecule has 6 nitrogen and oxygen atoms in total. The van der Waals surface area contributed by atoms with Crippen molar-refractivity contribution < 1.29 is 19.0 Å². The lowest BCUT2D eigenvalue weighted by Gasteiger charge is -2.23. The zero-order chi connectivity index (χ0) is 24.7. The van der Waals surface area contributed by atoms with Gasteiger partial charge in [0.1, 0.15) is 17.3 Å². The fourth-order valence-corrected chi connectivity index (χ4v) is 4.65. The largest absolute Gasteiger partial charge is 0.493 e. The molecular weight excluding hydrogens is 452 g/mol. The standard InChI is InChI=1S/C30H32N2O4/c1-22-28(31-29(35-22)25-10-4-2-5-11-25)16-18-34-27-14-8-9-23(20-27)19-24-15-17-32(21-24)30(33)36-26-12-6-3-7-13-26/h2-14,20,24,30,33H,15-19,21H2,1H3/t24-,30?/m0/s1. The predicted molar refractivity (Wildman–Crippen MR) is 139 cm³/mol. The highest BCUT2D eigenvalue weighted by Crippen LogP contribution is 2.26. The maximum atomic E-state index is 10.5. The average molecular weight is 485 g/mol. The second kappa shape index (κ2) is 11.4. The Morgan fingerprint density at radius 2 is 1.75 bits per heavy atom. The number of benzene rings is 3. The molecule has 36 heavy (non-hydrogen) atoms. The third-order valence-corrected chi connectivity index (χ3v) is 6.56. The van der Waals surface area contributed by atoms with E-state index in [1.54, 1.807) is 0 Å². The van der Waals surface area contributed by atoms with Crippen molar-refractivity contribution in [3.05, 3.63) is 102 Å². The molecule has 1 saturated heterocycles. The van der Waals surface area contributed by atoms with Crippen molar-refractivity contribution in [3.8, 4) is 23.0 Å². The van der Waals surface area contributed by atoms with Gasteiger partial charge < -0.3 is 19.0 Å². The summed E-state index contributed by atoms with van der Waals surface area (Å²) in [5.74, 6) is 3.48. The number of oxazole rings is 1. The average Bonchev–Trinajstić information content (AvgIpc) is 3.52. The van der Waals surface area contributed by atoms with Gasteiger partial charge in [-0.15, -0.1) is 0 Å². The summed E-state index contributed by atoms with van der Waals surface area (Å²) in [5, 5.41) is 10.5. The number of ether oxygens (including phenoxy) is 2. The van der Waals surface area contributed by atoms with E-state index in [9.17, 15) is 5.11 Å². The van der Waals surface area contributed by atoms with Gasteiger partial charge >= 0.3 is 0 Å². The van der Waals surface area contributed by atoms with E-state index >= 15 is 0 Å². The number of hydrogen-bond acceptors (Lipinski definition) is 6. The fourth-order valence-electron chi connectivity index (χ4n) is 4.65. The molecular formula is C30H32N2O4. The van der Waals surface area contributed by atoms with Gasteiger partial charge in [-0.2, -0.15) is 0 Å². The summed E-state index contributed by atoms with van der Waals surface area (Å²) in [6.45, 7) is 4.10. The molecule has 0 spiro atoms. The molecule has 0 bridgehead atoms. The van der Waals surface area contributed by atoms with Crippen molar-refractivity contribution in [2.24, 2.45) is 5.92 Å². The predicted octanol–water partition coefficient (Wildman–Crippen LogP) is 5.49. The Hall–Kier alpha value is -3.61. The van der Waals surface area contributed by atoms with Gasteiger partial charge in [-0.1, -0.05) is 48.5 Å². The lowest BCUT2D eigenvalue weighted by atomic mass is 9.98. The molecule has 186 valence electrons. The van der Waals surface area contributed by atoms with Crippen LogP contribution in [0.2, 0.25) is 0 Å². The number of aliphatic hydroxyl groups excluding tert-OH is 1. The Bertz CT molecular complexity index is 1240. The van der Waals surface area contributed by atoms with Crippen LogP contribution in [0.25, 0.3) is 11.5 Å². The first-order valence-corrected chi connectivity index (χ1v) is 12.5. The van der Waals surface area contributed by atoms with Crippen LogP contribution in [-0.2, 0) is 12.8 Å². The van der Waals surface area contributed by atoms with Crippen molar-refractivity contribution in [1.29, 1.82) is 0 Å². The highest BCUT2D eigenvalue weighted by Gasteiger charge is 2.28. The van der Waals surface area contributed by atoms with Crippen molar-refractivity contribution in [3.63, 3.8) is 0 Å². The van der Waals surface area contributed by atoms with Gasteiger partial charge in [0.2, 0.25) is 5.89 Å². The summed E-state index contributed by atoms with van der Waals surface area (Å²) >= 11 is 0. The van der Waals surface area contributed by atoms with Crippen molar-refractivity contribution >= 4 is 0 Å². The molecule has 2 heterocycles. The van der Waals surface area contributed by atoms with Crippen molar-refractivity contribution in [2.45, 2.75) is 32.6 Å². The minimum absolute atomic E-state index is 0.462. The van der Waals surface area contributed by atoms with E-state index in [0.29, 0.717) is 30.6 Å². The van der Waals surface area contributed by atoms with Crippen LogP contribution in [0.4, 0.5) is 0 Å². The molecule has 1 unspecified atom stereocenters. The first-order chi connectivity index (χ1) is 17.6. The second-order valence-corrected chi connectivity index (χ2v) is 9.24. The lowest BCUT2D eigenvalue weighted by Crippen LogP contribution is -2.37.